The summed E-state index contributed by atoms with van der Waals surface area (Å²) in [5.41, 5.74) is -15.3. The number of hydrogen-bond acceptors (Lipinski definition) is 2. The maximum atomic E-state index is 14.3. The Morgan fingerprint density at radius 1 is 0.500 bits per heavy atom. The second kappa shape index (κ2) is 8.98. The zero-order valence-electron chi connectivity index (χ0n) is 16.1. The highest BCUT2D eigenvalue weighted by Crippen LogP contribution is 2.56. The van der Waals surface area contributed by atoms with Gasteiger partial charge in [0, 0.05) is 6.42 Å². The van der Waals surface area contributed by atoms with Crippen molar-refractivity contribution in [3.05, 3.63) is 0 Å². The minimum Gasteiger partial charge on any atom is -0.288 e. The van der Waals surface area contributed by atoms with Crippen LogP contribution in [0.5, 0.6) is 0 Å². The molecule has 34 heavy (non-hydrogen) atoms. The fourth-order valence-electron chi connectivity index (χ4n) is 2.41. The van der Waals surface area contributed by atoms with Crippen molar-refractivity contribution in [1.82, 2.24) is 0 Å². The van der Waals surface area contributed by atoms with Crippen LogP contribution in [0.1, 0.15) is 32.6 Å². The number of ketones is 2. The fraction of sp³-hybridized carbons (Fsp3) is 0.867. The Balaban J connectivity index is 6.92. The Hall–Kier alpha value is -1.85. The van der Waals surface area contributed by atoms with Crippen LogP contribution < -0.4 is 0 Å². The van der Waals surface area contributed by atoms with E-state index in [4.69, 9.17) is 0 Å². The zero-order chi connectivity index (χ0) is 28.0. The third-order valence-electron chi connectivity index (χ3n) is 4.36. The van der Waals surface area contributed by atoms with Gasteiger partial charge in [-0.2, -0.15) is 57.1 Å². The quantitative estimate of drug-likeness (QED) is 0.226. The van der Waals surface area contributed by atoms with Gasteiger partial charge in [-0.05, 0) is 6.42 Å². The van der Waals surface area contributed by atoms with E-state index in [1.165, 1.54) is 6.92 Å². The Morgan fingerprint density at radius 3 is 1.06 bits per heavy atom. The van der Waals surface area contributed by atoms with Gasteiger partial charge in [0.1, 0.15) is 0 Å². The SMILES string of the molecule is CCCCCC(F)(F)C(F)(C(=O)C(F)(F)C(F)(F)C(=O)C(F)(C(F)(F)F)C(F)(F)F)C(F)(F)F. The van der Waals surface area contributed by atoms with Crippen LogP contribution >= 0.6 is 0 Å². The van der Waals surface area contributed by atoms with Crippen molar-refractivity contribution < 1.29 is 84.2 Å². The minimum atomic E-state index is -8.05. The van der Waals surface area contributed by atoms with E-state index in [2.05, 4.69) is 0 Å². The van der Waals surface area contributed by atoms with E-state index in [1.54, 1.807) is 0 Å². The van der Waals surface area contributed by atoms with Crippen molar-refractivity contribution in [2.45, 2.75) is 80.2 Å². The average molecular weight is 546 g/mol. The lowest BCUT2D eigenvalue weighted by Gasteiger charge is -2.38. The first kappa shape index (κ1) is 32.1. The molecule has 0 aromatic rings. The highest BCUT2D eigenvalue weighted by atomic mass is 19.4. The number of Topliss-reactive ketones (excluding diaryl/α,β-unsaturated/α-hetero) is 2. The Labute approximate surface area is 177 Å². The first-order chi connectivity index (χ1) is 14.6. The van der Waals surface area contributed by atoms with Gasteiger partial charge in [-0.1, -0.05) is 19.8 Å². The molecule has 0 rings (SSSR count). The summed E-state index contributed by atoms with van der Waals surface area (Å²) in [4.78, 5) is 22.3. The lowest BCUT2D eigenvalue weighted by atomic mass is 9.81. The fourth-order valence-corrected chi connectivity index (χ4v) is 2.41. The average Bonchev–Trinajstić information content (AvgIpc) is 2.62. The first-order valence-electron chi connectivity index (χ1n) is 8.43. The van der Waals surface area contributed by atoms with E-state index in [-0.39, 0.29) is 6.42 Å². The normalized spacial score (nSPS) is 16.9. The van der Waals surface area contributed by atoms with Crippen molar-refractivity contribution >= 4 is 11.6 Å². The molecule has 202 valence electrons. The molecule has 0 aliphatic heterocycles. The molecule has 0 N–H and O–H groups in total. The van der Waals surface area contributed by atoms with Gasteiger partial charge < -0.3 is 0 Å². The van der Waals surface area contributed by atoms with Crippen LogP contribution in [0.25, 0.3) is 0 Å². The number of unbranched alkanes of at least 4 members (excludes halogenated alkanes) is 2. The van der Waals surface area contributed by atoms with E-state index in [1.807, 2.05) is 0 Å². The van der Waals surface area contributed by atoms with E-state index in [9.17, 15) is 84.2 Å². The predicted octanol–water partition coefficient (Wildman–Crippen LogP) is 6.71. The molecule has 0 fully saturated rings. The highest BCUT2D eigenvalue weighted by Gasteiger charge is 2.88. The summed E-state index contributed by atoms with van der Waals surface area (Å²) in [7, 11) is 0. The topological polar surface area (TPSA) is 34.1 Å². The third-order valence-corrected chi connectivity index (χ3v) is 4.36. The molecule has 0 saturated carbocycles. The van der Waals surface area contributed by atoms with Gasteiger partial charge >= 0.3 is 41.7 Å². The van der Waals surface area contributed by atoms with Crippen LogP contribution in [0, 0.1) is 0 Å². The second-order valence-electron chi connectivity index (χ2n) is 6.78. The molecule has 0 saturated heterocycles. The molecule has 2 nitrogen and oxygen atoms in total. The first-order valence-corrected chi connectivity index (χ1v) is 8.43. The molecule has 0 bridgehead atoms. The summed E-state index contributed by atoms with van der Waals surface area (Å²) >= 11 is 0. The van der Waals surface area contributed by atoms with E-state index in [0.717, 1.165) is 0 Å². The number of carbonyl (C=O) groups is 2. The Kier molecular flexibility index (Phi) is 8.49. The van der Waals surface area contributed by atoms with Crippen molar-refractivity contribution in [1.29, 1.82) is 0 Å². The standard InChI is InChI=1S/C15H11F17O2/c1-2-3-4-5-8(16,17)9(18,13(24,25)26)6(33)11(20,21)12(22,23)7(34)10(19,14(27,28)29)15(30,31)32/h2-5H2,1H3. The van der Waals surface area contributed by atoms with Crippen LogP contribution in [0.15, 0.2) is 0 Å². The van der Waals surface area contributed by atoms with Crippen molar-refractivity contribution in [3.8, 4) is 0 Å². The van der Waals surface area contributed by atoms with Crippen LogP contribution in [0.4, 0.5) is 74.6 Å². The molecule has 0 aliphatic rings. The molecule has 1 unspecified atom stereocenters. The van der Waals surface area contributed by atoms with Gasteiger partial charge in [0.25, 0.3) is 17.5 Å². The molecule has 1 atom stereocenters. The van der Waals surface area contributed by atoms with Gasteiger partial charge in [0.05, 0.1) is 0 Å². The zero-order valence-corrected chi connectivity index (χ0v) is 16.1. The third kappa shape index (κ3) is 4.79. The van der Waals surface area contributed by atoms with Gasteiger partial charge in [0.2, 0.25) is 0 Å². The Bertz CT molecular complexity index is 746. The highest BCUT2D eigenvalue weighted by molar-refractivity contribution is 6.05. The van der Waals surface area contributed by atoms with Crippen LogP contribution in [0.3, 0.4) is 0 Å². The molecule has 0 heterocycles. The monoisotopic (exact) mass is 546 g/mol. The van der Waals surface area contributed by atoms with E-state index in [0.29, 0.717) is 0 Å². The van der Waals surface area contributed by atoms with Crippen LogP contribution in [-0.4, -0.2) is 59.2 Å². The Morgan fingerprint density at radius 2 is 0.794 bits per heavy atom. The summed E-state index contributed by atoms with van der Waals surface area (Å²) in [5, 5.41) is 0. The number of halogens is 17. The number of alkyl halides is 17. The summed E-state index contributed by atoms with van der Waals surface area (Å²) in [6.45, 7) is 1.22. The number of rotatable bonds is 10. The van der Waals surface area contributed by atoms with Gasteiger partial charge in [0.15, 0.2) is 0 Å². The van der Waals surface area contributed by atoms with Gasteiger partial charge in [-0.15, -0.1) is 0 Å². The van der Waals surface area contributed by atoms with Crippen molar-refractivity contribution in [2.24, 2.45) is 0 Å². The van der Waals surface area contributed by atoms with E-state index < -0.39 is 78.5 Å². The largest absolute Gasteiger partial charge is 0.439 e. The minimum absolute atomic E-state index is 0.0917. The van der Waals surface area contributed by atoms with Gasteiger partial charge in [-0.25, -0.2) is 17.6 Å². The molecular formula is C15H11F17O2. The number of hydrogen-bond donors (Lipinski definition) is 0. The van der Waals surface area contributed by atoms with Crippen molar-refractivity contribution in [2.75, 3.05) is 0 Å². The van der Waals surface area contributed by atoms with Crippen molar-refractivity contribution in [3.63, 3.8) is 0 Å². The maximum absolute atomic E-state index is 14.3. The summed E-state index contributed by atoms with van der Waals surface area (Å²) in [6.07, 6.45) is -27.3. The summed E-state index contributed by atoms with van der Waals surface area (Å²) in [5.74, 6) is -33.3. The molecule has 0 spiro atoms. The predicted molar refractivity (Wildman–Crippen MR) is 74.8 cm³/mol. The lowest BCUT2D eigenvalue weighted by Crippen LogP contribution is -2.72. The lowest BCUT2D eigenvalue weighted by molar-refractivity contribution is -0.337. The molecule has 19 heteroatoms. The second-order valence-corrected chi connectivity index (χ2v) is 6.78. The molecule has 0 aromatic carbocycles. The molecule has 0 radical (unpaired) electrons. The summed E-state index contributed by atoms with van der Waals surface area (Å²) < 4.78 is 224. The number of carbonyl (C=O) groups excluding carboxylic acids is 2. The molecule has 0 aliphatic carbocycles. The van der Waals surface area contributed by atoms with E-state index >= 15 is 0 Å². The summed E-state index contributed by atoms with van der Waals surface area (Å²) in [6, 6.07) is 0. The molecular weight excluding hydrogens is 535 g/mol. The van der Waals surface area contributed by atoms with Crippen LogP contribution in [0.2, 0.25) is 0 Å². The maximum Gasteiger partial charge on any atom is 0.439 e. The molecule has 0 aromatic heterocycles. The smallest absolute Gasteiger partial charge is 0.288 e. The van der Waals surface area contributed by atoms with Gasteiger partial charge in [-0.3, -0.25) is 9.59 Å². The molecule has 0 amide bonds. The van der Waals surface area contributed by atoms with Crippen LogP contribution in [-0.2, 0) is 9.59 Å².